The van der Waals surface area contributed by atoms with Crippen molar-refractivity contribution in [3.63, 3.8) is 0 Å². The van der Waals surface area contributed by atoms with Crippen molar-refractivity contribution in [3.05, 3.63) is 40.3 Å². The van der Waals surface area contributed by atoms with Crippen LogP contribution in [0.15, 0.2) is 18.3 Å². The minimum Gasteiger partial charge on any atom is -0.471 e. The lowest BCUT2D eigenvalue weighted by Crippen LogP contribution is -2.41. The van der Waals surface area contributed by atoms with Crippen LogP contribution >= 0.6 is 11.6 Å². The highest BCUT2D eigenvalue weighted by atomic mass is 35.5. The van der Waals surface area contributed by atoms with Crippen molar-refractivity contribution in [1.29, 1.82) is 0 Å². The Hall–Kier alpha value is -2.43. The number of carbonyl (C=O) groups is 1. The zero-order valence-electron chi connectivity index (χ0n) is 14.8. The molecule has 28 heavy (non-hydrogen) atoms. The third-order valence-electron chi connectivity index (χ3n) is 3.67. The van der Waals surface area contributed by atoms with Crippen LogP contribution in [0.4, 0.5) is 22.0 Å². The Morgan fingerprint density at radius 2 is 1.96 bits per heavy atom. The maximum absolute atomic E-state index is 12.8. The van der Waals surface area contributed by atoms with Crippen molar-refractivity contribution in [1.82, 2.24) is 20.1 Å². The molecular formula is C16H16ClF5N4O2. The summed E-state index contributed by atoms with van der Waals surface area (Å²) in [6.45, 7) is -0.0120. The summed E-state index contributed by atoms with van der Waals surface area (Å²) < 4.78 is 67.7. The van der Waals surface area contributed by atoms with Gasteiger partial charge in [-0.15, -0.1) is 0 Å². The van der Waals surface area contributed by atoms with Gasteiger partial charge in [-0.05, 0) is 12.0 Å². The molecule has 2 aromatic heterocycles. The summed E-state index contributed by atoms with van der Waals surface area (Å²) in [6.07, 6.45) is -3.97. The van der Waals surface area contributed by atoms with Crippen molar-refractivity contribution < 1.29 is 31.5 Å². The number of nitrogens with one attached hydrogen (secondary N) is 1. The number of amides is 1. The minimum atomic E-state index is -5.71. The maximum Gasteiger partial charge on any atom is 0.456 e. The second-order valence-electron chi connectivity index (χ2n) is 5.76. The van der Waals surface area contributed by atoms with E-state index in [1.54, 1.807) is 7.05 Å². The van der Waals surface area contributed by atoms with Crippen LogP contribution in [0.2, 0.25) is 5.02 Å². The van der Waals surface area contributed by atoms with Gasteiger partial charge in [-0.3, -0.25) is 9.48 Å². The number of ether oxygens (including phenoxy) is 1. The molecule has 1 amide bonds. The highest BCUT2D eigenvalue weighted by Gasteiger charge is 2.58. The molecule has 0 fully saturated rings. The Bertz CT molecular complexity index is 837. The molecule has 0 saturated carbocycles. The number of halogens is 6. The summed E-state index contributed by atoms with van der Waals surface area (Å²) in [7, 11) is 1.57. The topological polar surface area (TPSA) is 69.0 Å². The van der Waals surface area contributed by atoms with Gasteiger partial charge < -0.3 is 10.1 Å². The van der Waals surface area contributed by atoms with E-state index in [4.69, 9.17) is 11.6 Å². The van der Waals surface area contributed by atoms with Gasteiger partial charge in [0.15, 0.2) is 6.61 Å². The molecule has 0 bridgehead atoms. The Labute approximate surface area is 161 Å². The number of aryl methyl sites for hydroxylation is 2. The highest BCUT2D eigenvalue weighted by molar-refractivity contribution is 6.34. The number of aromatic nitrogens is 3. The molecule has 0 radical (unpaired) electrons. The largest absolute Gasteiger partial charge is 0.471 e. The van der Waals surface area contributed by atoms with E-state index < -0.39 is 30.5 Å². The standard InChI is InChI=1S/C16H16ClF5N4O2/c1-3-10-12(17)13(26(2)25-10)14(27)24-7-9-4-5-11(23-6-9)28-8-15(18,19)16(20,21)22/h4-6H,3,7-8H2,1-2H3,(H,24,27). The van der Waals surface area contributed by atoms with Gasteiger partial charge in [-0.1, -0.05) is 24.6 Å². The van der Waals surface area contributed by atoms with E-state index in [0.29, 0.717) is 17.7 Å². The predicted octanol–water partition coefficient (Wildman–Crippen LogP) is 3.54. The van der Waals surface area contributed by atoms with Gasteiger partial charge in [0.2, 0.25) is 5.88 Å². The zero-order valence-corrected chi connectivity index (χ0v) is 15.5. The summed E-state index contributed by atoms with van der Waals surface area (Å²) in [4.78, 5) is 15.9. The lowest BCUT2D eigenvalue weighted by molar-refractivity contribution is -0.290. The van der Waals surface area contributed by atoms with E-state index in [1.165, 1.54) is 16.9 Å². The van der Waals surface area contributed by atoms with E-state index in [0.717, 1.165) is 6.07 Å². The normalized spacial score (nSPS) is 12.1. The Morgan fingerprint density at radius 3 is 2.46 bits per heavy atom. The first-order chi connectivity index (χ1) is 13.0. The van der Waals surface area contributed by atoms with Crippen molar-refractivity contribution in [3.8, 4) is 5.88 Å². The predicted molar refractivity (Wildman–Crippen MR) is 89.5 cm³/mol. The molecule has 0 spiro atoms. The minimum absolute atomic E-state index is 0.0216. The lowest BCUT2D eigenvalue weighted by Gasteiger charge is -2.19. The van der Waals surface area contributed by atoms with Crippen LogP contribution in [0.3, 0.4) is 0 Å². The average Bonchev–Trinajstić information content (AvgIpc) is 2.91. The Morgan fingerprint density at radius 1 is 1.29 bits per heavy atom. The number of hydrogen-bond donors (Lipinski definition) is 1. The second kappa shape index (κ2) is 8.29. The number of nitrogens with zero attached hydrogens (tertiary/aromatic N) is 3. The summed E-state index contributed by atoms with van der Waals surface area (Å²) in [5.74, 6) is -5.87. The van der Waals surface area contributed by atoms with Crippen LogP contribution in [-0.4, -0.2) is 39.4 Å². The van der Waals surface area contributed by atoms with E-state index in [1.807, 2.05) is 6.92 Å². The molecule has 1 N–H and O–H groups in total. The van der Waals surface area contributed by atoms with Crippen LogP contribution in [0.5, 0.6) is 5.88 Å². The molecule has 0 aliphatic heterocycles. The second-order valence-corrected chi connectivity index (χ2v) is 6.14. The van der Waals surface area contributed by atoms with Crippen molar-refractivity contribution in [2.45, 2.75) is 32.0 Å². The van der Waals surface area contributed by atoms with Crippen LogP contribution in [0, 0.1) is 0 Å². The number of pyridine rings is 1. The molecule has 6 nitrogen and oxygen atoms in total. The molecule has 154 valence electrons. The number of hydrogen-bond acceptors (Lipinski definition) is 4. The molecule has 0 unspecified atom stereocenters. The Kier molecular flexibility index (Phi) is 6.48. The first-order valence-corrected chi connectivity index (χ1v) is 8.36. The van der Waals surface area contributed by atoms with E-state index in [-0.39, 0.29) is 17.3 Å². The fourth-order valence-corrected chi connectivity index (χ4v) is 2.52. The summed E-state index contributed by atoms with van der Waals surface area (Å²) in [5, 5.41) is 6.97. The van der Waals surface area contributed by atoms with Crippen LogP contribution in [-0.2, 0) is 20.0 Å². The number of carbonyl (C=O) groups excluding carboxylic acids is 1. The molecule has 0 atom stereocenters. The number of alkyl halides is 5. The van der Waals surface area contributed by atoms with E-state index in [2.05, 4.69) is 20.1 Å². The third kappa shape index (κ3) is 4.89. The summed E-state index contributed by atoms with van der Waals surface area (Å²) >= 11 is 6.12. The molecule has 12 heteroatoms. The molecule has 0 aliphatic rings. The fraction of sp³-hybridized carbons (Fsp3) is 0.438. The van der Waals surface area contributed by atoms with Crippen LogP contribution < -0.4 is 10.1 Å². The first-order valence-electron chi connectivity index (χ1n) is 7.98. The monoisotopic (exact) mass is 426 g/mol. The Balaban J connectivity index is 1.94. The molecule has 2 heterocycles. The van der Waals surface area contributed by atoms with Crippen LogP contribution in [0.1, 0.15) is 28.7 Å². The summed E-state index contributed by atoms with van der Waals surface area (Å²) in [6, 6.07) is 2.50. The average molecular weight is 427 g/mol. The zero-order chi connectivity index (χ0) is 21.1. The van der Waals surface area contributed by atoms with Gasteiger partial charge in [0.25, 0.3) is 5.91 Å². The first kappa shape index (κ1) is 21.9. The van der Waals surface area contributed by atoms with Crippen molar-refractivity contribution >= 4 is 17.5 Å². The highest BCUT2D eigenvalue weighted by Crippen LogP contribution is 2.35. The van der Waals surface area contributed by atoms with E-state index >= 15 is 0 Å². The lowest BCUT2D eigenvalue weighted by atomic mass is 10.2. The number of rotatable bonds is 7. The SMILES string of the molecule is CCc1nn(C)c(C(=O)NCc2ccc(OCC(F)(F)C(F)(F)F)nc2)c1Cl. The fourth-order valence-electron chi connectivity index (χ4n) is 2.14. The molecule has 0 saturated heterocycles. The molecule has 0 aliphatic carbocycles. The van der Waals surface area contributed by atoms with Gasteiger partial charge in [0, 0.05) is 25.9 Å². The van der Waals surface area contributed by atoms with E-state index in [9.17, 15) is 26.7 Å². The molecular weight excluding hydrogens is 411 g/mol. The molecule has 0 aromatic carbocycles. The van der Waals surface area contributed by atoms with Gasteiger partial charge in [-0.25, -0.2) is 4.98 Å². The summed E-state index contributed by atoms with van der Waals surface area (Å²) in [5.41, 5.74) is 1.23. The van der Waals surface area contributed by atoms with Crippen molar-refractivity contribution in [2.75, 3.05) is 6.61 Å². The van der Waals surface area contributed by atoms with Crippen LogP contribution in [0.25, 0.3) is 0 Å². The third-order valence-corrected chi connectivity index (χ3v) is 4.07. The smallest absolute Gasteiger partial charge is 0.456 e. The quantitative estimate of drug-likeness (QED) is 0.688. The van der Waals surface area contributed by atoms with Crippen molar-refractivity contribution in [2.24, 2.45) is 7.05 Å². The molecule has 2 aromatic rings. The molecule has 2 rings (SSSR count). The maximum atomic E-state index is 12.8. The van der Waals surface area contributed by atoms with Gasteiger partial charge in [0.1, 0.15) is 5.69 Å². The van der Waals surface area contributed by atoms with Gasteiger partial charge in [0.05, 0.1) is 10.7 Å². The van der Waals surface area contributed by atoms with Gasteiger partial charge >= 0.3 is 12.1 Å². The van der Waals surface area contributed by atoms with Gasteiger partial charge in [-0.2, -0.15) is 27.1 Å².